The lowest BCUT2D eigenvalue weighted by Crippen LogP contribution is -2.28. The number of hydrogen-bond donors (Lipinski definition) is 2. The maximum Gasteiger partial charge on any atom is 0.337 e. The molecule has 0 bridgehead atoms. The summed E-state index contributed by atoms with van der Waals surface area (Å²) in [6.07, 6.45) is 1.17. The van der Waals surface area contributed by atoms with Gasteiger partial charge < -0.3 is 19.7 Å². The summed E-state index contributed by atoms with van der Waals surface area (Å²) in [5, 5.41) is 21.6. The van der Waals surface area contributed by atoms with E-state index < -0.39 is 30.1 Å². The highest BCUT2D eigenvalue weighted by Gasteiger charge is 2.33. The van der Waals surface area contributed by atoms with Crippen molar-refractivity contribution in [2.75, 3.05) is 6.61 Å². The van der Waals surface area contributed by atoms with Crippen LogP contribution < -0.4 is 4.74 Å². The Kier molecular flexibility index (Phi) is 5.93. The van der Waals surface area contributed by atoms with Crippen LogP contribution in [0.2, 0.25) is 0 Å². The summed E-state index contributed by atoms with van der Waals surface area (Å²) in [4.78, 5) is 17.2. The number of fused-ring (bicyclic) bond motifs is 1. The van der Waals surface area contributed by atoms with Crippen LogP contribution in [0.4, 0.5) is 4.39 Å². The van der Waals surface area contributed by atoms with E-state index in [4.69, 9.17) is 9.47 Å². The van der Waals surface area contributed by atoms with Gasteiger partial charge in [0.1, 0.15) is 11.6 Å². The number of pyridine rings is 1. The van der Waals surface area contributed by atoms with E-state index in [0.717, 1.165) is 23.1 Å². The predicted molar refractivity (Wildman–Crippen MR) is 136 cm³/mol. The molecule has 0 radical (unpaired) electrons. The second-order valence-electron chi connectivity index (χ2n) is 10.1. The van der Waals surface area contributed by atoms with Crippen molar-refractivity contribution in [2.24, 2.45) is 0 Å². The standard InChI is InChI=1S/C29H28FNO5/c1-15-13-20-18(6-5-17(14-32)25(20)30)24(22(15)27(28(33)34)36-29(2,3)4)19-7-8-21-23-16(10-12-35-21)9-11-31-26(19)23/h5-9,11,13,27,32H,10,12,14H2,1-4H3,(H,33,34)/t27-/m0/s1. The van der Waals surface area contributed by atoms with Crippen LogP contribution in [0.5, 0.6) is 5.75 Å². The SMILES string of the molecule is Cc1cc2c(F)c(CO)ccc2c(-c2ccc3c4c(ccnc24)CCO3)c1[C@H](OC(C)(C)C)C(=O)O. The first kappa shape index (κ1) is 24.2. The van der Waals surface area contributed by atoms with Gasteiger partial charge in [0.2, 0.25) is 0 Å². The number of aliphatic hydroxyl groups excluding tert-OH is 1. The first-order valence-electron chi connectivity index (χ1n) is 11.9. The largest absolute Gasteiger partial charge is 0.493 e. The van der Waals surface area contributed by atoms with Crippen LogP contribution in [0, 0.1) is 12.7 Å². The van der Waals surface area contributed by atoms with Gasteiger partial charge in [0.25, 0.3) is 0 Å². The average molecular weight is 490 g/mol. The molecule has 0 fully saturated rings. The topological polar surface area (TPSA) is 88.9 Å². The maximum absolute atomic E-state index is 15.5. The quantitative estimate of drug-likeness (QED) is 0.364. The van der Waals surface area contributed by atoms with Gasteiger partial charge in [0, 0.05) is 40.1 Å². The van der Waals surface area contributed by atoms with E-state index in [-0.39, 0.29) is 5.56 Å². The van der Waals surface area contributed by atoms with Crippen molar-refractivity contribution in [1.82, 2.24) is 4.98 Å². The van der Waals surface area contributed by atoms with Gasteiger partial charge in [0.05, 0.1) is 24.3 Å². The number of aromatic nitrogens is 1. The Balaban J connectivity index is 1.94. The molecule has 0 amide bonds. The number of benzene rings is 3. The van der Waals surface area contributed by atoms with E-state index in [1.54, 1.807) is 46.0 Å². The lowest BCUT2D eigenvalue weighted by Gasteiger charge is -2.29. The Labute approximate surface area is 208 Å². The van der Waals surface area contributed by atoms with Crippen LogP contribution >= 0.6 is 0 Å². The molecular formula is C29H28FNO5. The van der Waals surface area contributed by atoms with Crippen LogP contribution in [0.3, 0.4) is 0 Å². The highest BCUT2D eigenvalue weighted by Crippen LogP contribution is 2.45. The zero-order valence-electron chi connectivity index (χ0n) is 20.7. The number of carboxylic acid groups (broad SMARTS) is 1. The smallest absolute Gasteiger partial charge is 0.337 e. The number of rotatable bonds is 5. The third-order valence-corrected chi connectivity index (χ3v) is 6.55. The van der Waals surface area contributed by atoms with Crippen LogP contribution in [0.1, 0.15) is 49.1 Å². The number of aliphatic carboxylic acids is 1. The number of carbonyl (C=O) groups is 1. The minimum absolute atomic E-state index is 0.171. The molecule has 0 saturated heterocycles. The summed E-state index contributed by atoms with van der Waals surface area (Å²) in [6, 6.07) is 10.6. The number of carboxylic acids is 1. The minimum Gasteiger partial charge on any atom is -0.493 e. The zero-order valence-corrected chi connectivity index (χ0v) is 20.7. The first-order chi connectivity index (χ1) is 17.1. The lowest BCUT2D eigenvalue weighted by atomic mass is 9.85. The third kappa shape index (κ3) is 3.98. The molecule has 3 aromatic carbocycles. The van der Waals surface area contributed by atoms with E-state index in [1.807, 2.05) is 18.2 Å². The molecule has 5 rings (SSSR count). The monoisotopic (exact) mass is 489 g/mol. The number of halogens is 1. The number of nitrogens with zero attached hydrogens (tertiary/aromatic N) is 1. The fraction of sp³-hybridized carbons (Fsp3) is 0.310. The lowest BCUT2D eigenvalue weighted by molar-refractivity contribution is -0.160. The zero-order chi connectivity index (χ0) is 25.8. The van der Waals surface area contributed by atoms with Gasteiger partial charge >= 0.3 is 5.97 Å². The fourth-order valence-electron chi connectivity index (χ4n) is 5.07. The molecule has 1 atom stereocenters. The number of ether oxygens (including phenoxy) is 2. The van der Waals surface area contributed by atoms with E-state index in [2.05, 4.69) is 4.98 Å². The summed E-state index contributed by atoms with van der Waals surface area (Å²) < 4.78 is 27.4. The third-order valence-electron chi connectivity index (χ3n) is 6.55. The molecule has 4 aromatic rings. The fourth-order valence-corrected chi connectivity index (χ4v) is 5.07. The average Bonchev–Trinajstić information content (AvgIpc) is 2.83. The molecule has 0 unspecified atom stereocenters. The highest BCUT2D eigenvalue weighted by molar-refractivity contribution is 6.09. The van der Waals surface area contributed by atoms with Gasteiger partial charge in [-0.05, 0) is 74.0 Å². The van der Waals surface area contributed by atoms with E-state index in [9.17, 15) is 15.0 Å². The summed E-state index contributed by atoms with van der Waals surface area (Å²) in [6.45, 7) is 7.28. The van der Waals surface area contributed by atoms with Gasteiger partial charge in [-0.25, -0.2) is 9.18 Å². The Hall–Kier alpha value is -3.55. The van der Waals surface area contributed by atoms with Gasteiger partial charge in [-0.3, -0.25) is 4.98 Å². The second kappa shape index (κ2) is 8.84. The molecule has 1 aromatic heterocycles. The molecule has 6 nitrogen and oxygen atoms in total. The van der Waals surface area contributed by atoms with Crippen molar-refractivity contribution in [3.8, 4) is 16.9 Å². The molecule has 2 heterocycles. The molecule has 36 heavy (non-hydrogen) atoms. The predicted octanol–water partition coefficient (Wildman–Crippen LogP) is 5.87. The first-order valence-corrected chi connectivity index (χ1v) is 11.9. The Morgan fingerprint density at radius 1 is 1.19 bits per heavy atom. The summed E-state index contributed by atoms with van der Waals surface area (Å²) in [5.41, 5.74) is 3.40. The molecule has 2 N–H and O–H groups in total. The van der Waals surface area contributed by atoms with Crippen molar-refractivity contribution >= 4 is 27.6 Å². The molecule has 7 heteroatoms. The van der Waals surface area contributed by atoms with Crippen LogP contribution in [0.15, 0.2) is 42.6 Å². The van der Waals surface area contributed by atoms with Gasteiger partial charge in [0.15, 0.2) is 6.10 Å². The molecule has 0 spiro atoms. The van der Waals surface area contributed by atoms with Gasteiger partial charge in [-0.1, -0.05) is 12.1 Å². The summed E-state index contributed by atoms with van der Waals surface area (Å²) in [7, 11) is 0. The van der Waals surface area contributed by atoms with Gasteiger partial charge in [-0.15, -0.1) is 0 Å². The molecule has 0 aliphatic carbocycles. The molecule has 186 valence electrons. The Morgan fingerprint density at radius 3 is 2.67 bits per heavy atom. The number of aliphatic hydroxyl groups is 1. The van der Waals surface area contributed by atoms with Crippen LogP contribution in [-0.2, 0) is 22.6 Å². The number of hydrogen-bond acceptors (Lipinski definition) is 5. The Bertz CT molecular complexity index is 1510. The van der Waals surface area contributed by atoms with Crippen molar-refractivity contribution in [1.29, 1.82) is 0 Å². The summed E-state index contributed by atoms with van der Waals surface area (Å²) in [5.74, 6) is -0.954. The van der Waals surface area contributed by atoms with Crippen molar-refractivity contribution in [2.45, 2.75) is 52.4 Å². The van der Waals surface area contributed by atoms with Crippen molar-refractivity contribution in [3.63, 3.8) is 0 Å². The van der Waals surface area contributed by atoms with E-state index in [1.165, 1.54) is 6.07 Å². The van der Waals surface area contributed by atoms with Crippen LogP contribution in [0.25, 0.3) is 32.8 Å². The highest BCUT2D eigenvalue weighted by atomic mass is 19.1. The van der Waals surface area contributed by atoms with Crippen molar-refractivity contribution in [3.05, 3.63) is 70.7 Å². The second-order valence-corrected chi connectivity index (χ2v) is 10.1. The van der Waals surface area contributed by atoms with Gasteiger partial charge in [-0.2, -0.15) is 0 Å². The number of aryl methyl sites for hydroxylation is 1. The maximum atomic E-state index is 15.5. The van der Waals surface area contributed by atoms with Crippen LogP contribution in [-0.4, -0.2) is 33.4 Å². The normalized spacial score (nSPS) is 14.2. The summed E-state index contributed by atoms with van der Waals surface area (Å²) >= 11 is 0. The molecular weight excluding hydrogens is 461 g/mol. The molecule has 0 saturated carbocycles. The van der Waals surface area contributed by atoms with Crippen molar-refractivity contribution < 1.29 is 28.9 Å². The Morgan fingerprint density at radius 2 is 1.97 bits per heavy atom. The van der Waals surface area contributed by atoms with E-state index >= 15 is 4.39 Å². The minimum atomic E-state index is -1.30. The molecule has 1 aliphatic heterocycles. The van der Waals surface area contributed by atoms with E-state index in [0.29, 0.717) is 45.1 Å². The molecule has 1 aliphatic rings.